The first-order valence-electron chi connectivity index (χ1n) is 5.43. The number of hydrogen-bond acceptors (Lipinski definition) is 2. The van der Waals surface area contributed by atoms with E-state index in [0.717, 1.165) is 22.6 Å². The lowest BCUT2D eigenvalue weighted by Gasteiger charge is -1.92. The first-order chi connectivity index (χ1) is 8.43. The molecule has 0 fully saturated rings. The second-order valence-corrected chi connectivity index (χ2v) is 3.72. The zero-order chi connectivity index (χ0) is 11.5. The van der Waals surface area contributed by atoms with Crippen LogP contribution in [0, 0.1) is 6.07 Å². The molecule has 3 rings (SSSR count). The monoisotopic (exact) mass is 220 g/mol. The molecule has 1 heterocycles. The molecular weight excluding hydrogens is 210 g/mol. The van der Waals surface area contributed by atoms with Crippen molar-refractivity contribution in [1.29, 1.82) is 0 Å². The van der Waals surface area contributed by atoms with E-state index < -0.39 is 0 Å². The van der Waals surface area contributed by atoms with Crippen molar-refractivity contribution in [2.75, 3.05) is 0 Å². The Labute approximate surface area is 99.5 Å². The van der Waals surface area contributed by atoms with Crippen molar-refractivity contribution in [3.8, 4) is 22.6 Å². The molecule has 0 aliphatic heterocycles. The van der Waals surface area contributed by atoms with E-state index in [-0.39, 0.29) is 0 Å². The molecule has 0 saturated heterocycles. The van der Waals surface area contributed by atoms with E-state index in [1.54, 1.807) is 0 Å². The average Bonchev–Trinajstić information content (AvgIpc) is 2.90. The lowest BCUT2D eigenvalue weighted by Crippen LogP contribution is -1.74. The van der Waals surface area contributed by atoms with Crippen LogP contribution in [0.1, 0.15) is 0 Å². The number of aromatic nitrogens is 1. The number of benzene rings is 2. The van der Waals surface area contributed by atoms with Crippen LogP contribution in [0.2, 0.25) is 0 Å². The molecule has 2 nitrogen and oxygen atoms in total. The fourth-order valence-electron chi connectivity index (χ4n) is 1.69. The van der Waals surface area contributed by atoms with Gasteiger partial charge in [-0.2, -0.15) is 0 Å². The van der Waals surface area contributed by atoms with Crippen molar-refractivity contribution < 1.29 is 4.52 Å². The predicted molar refractivity (Wildman–Crippen MR) is 66.2 cm³/mol. The molecule has 3 aromatic rings. The maximum absolute atomic E-state index is 5.34. The molecule has 0 N–H and O–H groups in total. The van der Waals surface area contributed by atoms with Crippen LogP contribution in [0.3, 0.4) is 0 Å². The Kier molecular flexibility index (Phi) is 2.47. The molecule has 2 heteroatoms. The second-order valence-electron chi connectivity index (χ2n) is 3.72. The van der Waals surface area contributed by atoms with Gasteiger partial charge in [0.25, 0.3) is 0 Å². The SMILES string of the molecule is [c]1ccccc1-c1cc(-c2ccccc2)on1. The van der Waals surface area contributed by atoms with Crippen LogP contribution in [0.4, 0.5) is 0 Å². The molecule has 0 aliphatic carbocycles. The van der Waals surface area contributed by atoms with Gasteiger partial charge in [-0.3, -0.25) is 0 Å². The van der Waals surface area contributed by atoms with Crippen LogP contribution in [-0.4, -0.2) is 5.16 Å². The van der Waals surface area contributed by atoms with Gasteiger partial charge in [0.05, 0.1) is 0 Å². The zero-order valence-electron chi connectivity index (χ0n) is 9.13. The van der Waals surface area contributed by atoms with E-state index in [1.807, 2.05) is 60.7 Å². The molecular formula is C15H10NO. The van der Waals surface area contributed by atoms with Crippen molar-refractivity contribution in [2.24, 2.45) is 0 Å². The molecule has 0 unspecified atom stereocenters. The van der Waals surface area contributed by atoms with Gasteiger partial charge >= 0.3 is 0 Å². The highest BCUT2D eigenvalue weighted by Crippen LogP contribution is 2.25. The summed E-state index contributed by atoms with van der Waals surface area (Å²) in [6.07, 6.45) is 0. The summed E-state index contributed by atoms with van der Waals surface area (Å²) in [4.78, 5) is 0. The molecule has 0 bridgehead atoms. The third kappa shape index (κ3) is 1.97. The topological polar surface area (TPSA) is 26.0 Å². The molecule has 0 spiro atoms. The smallest absolute Gasteiger partial charge is 0.167 e. The lowest BCUT2D eigenvalue weighted by atomic mass is 10.1. The molecule has 0 aliphatic rings. The minimum absolute atomic E-state index is 0.776. The Hall–Kier alpha value is -2.35. The van der Waals surface area contributed by atoms with Gasteiger partial charge in [0.1, 0.15) is 5.69 Å². The van der Waals surface area contributed by atoms with Crippen LogP contribution in [0.5, 0.6) is 0 Å². The minimum atomic E-state index is 0.776. The third-order valence-corrected chi connectivity index (χ3v) is 2.55. The van der Waals surface area contributed by atoms with Gasteiger partial charge in [-0.15, -0.1) is 0 Å². The Bertz CT molecular complexity index is 545. The summed E-state index contributed by atoms with van der Waals surface area (Å²) in [6, 6.07) is 22.7. The standard InChI is InChI=1S/C15H10NO/c1-3-7-12(8-4-1)14-11-15(17-16-14)13-9-5-2-6-10-13/h1-7,9-11H. The van der Waals surface area contributed by atoms with E-state index >= 15 is 0 Å². The highest BCUT2D eigenvalue weighted by atomic mass is 16.5. The lowest BCUT2D eigenvalue weighted by molar-refractivity contribution is 0.435. The maximum Gasteiger partial charge on any atom is 0.167 e. The summed E-state index contributed by atoms with van der Waals surface area (Å²) in [5.41, 5.74) is 2.78. The molecule has 1 aromatic heterocycles. The fourth-order valence-corrected chi connectivity index (χ4v) is 1.69. The van der Waals surface area contributed by atoms with E-state index in [0.29, 0.717) is 0 Å². The Balaban J connectivity index is 1.99. The highest BCUT2D eigenvalue weighted by molar-refractivity contribution is 5.66. The molecule has 0 atom stereocenters. The summed E-state index contributed by atoms with van der Waals surface area (Å²) < 4.78 is 5.34. The molecule has 2 aromatic carbocycles. The molecule has 81 valence electrons. The Morgan fingerprint density at radius 1 is 0.941 bits per heavy atom. The summed E-state index contributed by atoms with van der Waals surface area (Å²) in [7, 11) is 0. The molecule has 0 amide bonds. The zero-order valence-corrected chi connectivity index (χ0v) is 9.13. The molecule has 17 heavy (non-hydrogen) atoms. The largest absolute Gasteiger partial charge is 0.356 e. The van der Waals surface area contributed by atoms with Gasteiger partial charge in [-0.05, 0) is 6.07 Å². The normalized spacial score (nSPS) is 10.4. The van der Waals surface area contributed by atoms with Gasteiger partial charge in [-0.1, -0.05) is 59.8 Å². The van der Waals surface area contributed by atoms with Crippen molar-refractivity contribution >= 4 is 0 Å². The molecule has 1 radical (unpaired) electrons. The van der Waals surface area contributed by atoms with E-state index in [9.17, 15) is 0 Å². The van der Waals surface area contributed by atoms with E-state index in [2.05, 4.69) is 11.2 Å². The first-order valence-corrected chi connectivity index (χ1v) is 5.43. The van der Waals surface area contributed by atoms with Crippen molar-refractivity contribution in [3.63, 3.8) is 0 Å². The van der Waals surface area contributed by atoms with Crippen LogP contribution < -0.4 is 0 Å². The summed E-state index contributed by atoms with van der Waals surface area (Å²) in [5.74, 6) is 0.776. The van der Waals surface area contributed by atoms with E-state index in [1.165, 1.54) is 0 Å². The first kappa shape index (κ1) is 9.85. The van der Waals surface area contributed by atoms with Gasteiger partial charge in [0.2, 0.25) is 0 Å². The van der Waals surface area contributed by atoms with Crippen LogP contribution in [0.15, 0.2) is 65.2 Å². The number of hydrogen-bond donors (Lipinski definition) is 0. The average molecular weight is 220 g/mol. The second kappa shape index (κ2) is 4.26. The van der Waals surface area contributed by atoms with Gasteiger partial charge < -0.3 is 4.52 Å². The van der Waals surface area contributed by atoms with Crippen molar-refractivity contribution in [3.05, 3.63) is 66.7 Å². The van der Waals surface area contributed by atoms with Crippen LogP contribution in [-0.2, 0) is 0 Å². The third-order valence-electron chi connectivity index (χ3n) is 2.55. The summed E-state index contributed by atoms with van der Waals surface area (Å²) in [6.45, 7) is 0. The van der Waals surface area contributed by atoms with Crippen LogP contribution in [0.25, 0.3) is 22.6 Å². The van der Waals surface area contributed by atoms with Crippen molar-refractivity contribution in [2.45, 2.75) is 0 Å². The van der Waals surface area contributed by atoms with E-state index in [4.69, 9.17) is 4.52 Å². The highest BCUT2D eigenvalue weighted by Gasteiger charge is 2.07. The van der Waals surface area contributed by atoms with Gasteiger partial charge in [-0.25, -0.2) is 0 Å². The van der Waals surface area contributed by atoms with Crippen LogP contribution >= 0.6 is 0 Å². The maximum atomic E-state index is 5.34. The number of rotatable bonds is 2. The number of nitrogens with zero attached hydrogens (tertiary/aromatic N) is 1. The van der Waals surface area contributed by atoms with Crippen molar-refractivity contribution in [1.82, 2.24) is 5.16 Å². The summed E-state index contributed by atoms with van der Waals surface area (Å²) in [5, 5.41) is 4.06. The fraction of sp³-hybridized carbons (Fsp3) is 0. The summed E-state index contributed by atoms with van der Waals surface area (Å²) >= 11 is 0. The predicted octanol–water partition coefficient (Wildman–Crippen LogP) is 3.81. The Morgan fingerprint density at radius 2 is 1.76 bits per heavy atom. The Morgan fingerprint density at radius 3 is 2.53 bits per heavy atom. The van der Waals surface area contributed by atoms with Gasteiger partial charge in [0, 0.05) is 17.2 Å². The molecule has 0 saturated carbocycles. The minimum Gasteiger partial charge on any atom is -0.356 e. The quantitative estimate of drug-likeness (QED) is 0.656. The van der Waals surface area contributed by atoms with Gasteiger partial charge in [0.15, 0.2) is 5.76 Å².